The fourth-order valence-electron chi connectivity index (χ4n) is 1.03. The second-order valence-electron chi connectivity index (χ2n) is 2.86. The van der Waals surface area contributed by atoms with Crippen molar-refractivity contribution >= 4 is 29.9 Å². The number of hydrogen-bond acceptors (Lipinski definition) is 3. The molecule has 0 spiro atoms. The van der Waals surface area contributed by atoms with Crippen LogP contribution in [0.5, 0.6) is 5.75 Å². The molecule has 0 fully saturated rings. The van der Waals surface area contributed by atoms with Crippen LogP contribution in [0.25, 0.3) is 6.08 Å². The second-order valence-corrected chi connectivity index (χ2v) is 3.27. The van der Waals surface area contributed by atoms with Crippen LogP contribution in [0.3, 0.4) is 0 Å². The van der Waals surface area contributed by atoms with Gasteiger partial charge in [-0.05, 0) is 29.8 Å². The number of ether oxygens (including phenoxy) is 1. The highest BCUT2D eigenvalue weighted by Crippen LogP contribution is 2.23. The minimum atomic E-state index is -1.06. The van der Waals surface area contributed by atoms with Crippen molar-refractivity contribution in [2.45, 2.75) is 0 Å². The van der Waals surface area contributed by atoms with Crippen LogP contribution in [-0.4, -0.2) is 24.0 Å². The summed E-state index contributed by atoms with van der Waals surface area (Å²) in [6.45, 7) is -0.418. The first-order valence-electron chi connectivity index (χ1n) is 4.39. The summed E-state index contributed by atoms with van der Waals surface area (Å²) < 4.78 is 4.96. The minimum Gasteiger partial charge on any atom is -0.482 e. The summed E-state index contributed by atoms with van der Waals surface area (Å²) >= 11 is 5.86. The van der Waals surface area contributed by atoms with Crippen LogP contribution in [0.4, 0.5) is 0 Å². The number of carboxylic acids is 1. The van der Waals surface area contributed by atoms with E-state index in [9.17, 15) is 9.59 Å². The molecule has 1 aromatic carbocycles. The molecule has 1 N–H and O–H groups in total. The summed E-state index contributed by atoms with van der Waals surface area (Å²) in [6.07, 6.45) is 3.44. The van der Waals surface area contributed by atoms with Gasteiger partial charge in [-0.1, -0.05) is 17.7 Å². The number of benzene rings is 1. The number of aldehydes is 1. The Hall–Kier alpha value is -1.81. The Morgan fingerprint density at radius 3 is 2.88 bits per heavy atom. The van der Waals surface area contributed by atoms with Crippen molar-refractivity contribution in [1.29, 1.82) is 0 Å². The fraction of sp³-hybridized carbons (Fsp3) is 0.0909. The Labute approximate surface area is 97.1 Å². The first-order chi connectivity index (χ1) is 7.63. The lowest BCUT2D eigenvalue weighted by molar-refractivity contribution is -0.139. The average molecular weight is 241 g/mol. The Kier molecular flexibility index (Phi) is 4.54. The van der Waals surface area contributed by atoms with Gasteiger partial charge in [0.25, 0.3) is 0 Å². The van der Waals surface area contributed by atoms with Crippen molar-refractivity contribution in [2.24, 2.45) is 0 Å². The largest absolute Gasteiger partial charge is 0.482 e. The molecular weight excluding hydrogens is 232 g/mol. The lowest BCUT2D eigenvalue weighted by Gasteiger charge is -2.05. The molecule has 4 nitrogen and oxygen atoms in total. The number of carbonyl (C=O) groups excluding carboxylic acids is 1. The number of rotatable bonds is 5. The van der Waals surface area contributed by atoms with E-state index < -0.39 is 12.6 Å². The summed E-state index contributed by atoms with van der Waals surface area (Å²) in [5, 5.41) is 8.89. The van der Waals surface area contributed by atoms with Crippen molar-refractivity contribution in [2.75, 3.05) is 6.61 Å². The van der Waals surface area contributed by atoms with Gasteiger partial charge < -0.3 is 9.84 Å². The van der Waals surface area contributed by atoms with E-state index in [2.05, 4.69) is 0 Å². The average Bonchev–Trinajstić information content (AvgIpc) is 2.26. The third kappa shape index (κ3) is 3.74. The number of hydrogen-bond donors (Lipinski definition) is 1. The van der Waals surface area contributed by atoms with Crippen LogP contribution in [0.15, 0.2) is 24.3 Å². The summed E-state index contributed by atoms with van der Waals surface area (Å²) in [5.74, 6) is -0.669. The van der Waals surface area contributed by atoms with Gasteiger partial charge in [0, 0.05) is 5.02 Å². The smallest absolute Gasteiger partial charge is 0.341 e. The molecule has 1 rings (SSSR count). The summed E-state index contributed by atoms with van der Waals surface area (Å²) in [6, 6.07) is 4.69. The maximum Gasteiger partial charge on any atom is 0.341 e. The third-order valence-corrected chi connectivity index (χ3v) is 2.03. The maximum absolute atomic E-state index is 10.3. The fourth-order valence-corrected chi connectivity index (χ4v) is 1.21. The van der Waals surface area contributed by atoms with Gasteiger partial charge in [-0.3, -0.25) is 4.79 Å². The molecule has 0 aliphatic heterocycles. The number of aliphatic carboxylic acids is 1. The van der Waals surface area contributed by atoms with Crippen molar-refractivity contribution in [3.63, 3.8) is 0 Å². The molecule has 0 aliphatic carbocycles. The van der Waals surface area contributed by atoms with Gasteiger partial charge in [0.2, 0.25) is 0 Å². The number of carboxylic acid groups (broad SMARTS) is 1. The number of allylic oxidation sites excluding steroid dienone is 1. The van der Waals surface area contributed by atoms with Gasteiger partial charge in [-0.2, -0.15) is 0 Å². The minimum absolute atomic E-state index is 0.386. The normalized spacial score (nSPS) is 10.3. The summed E-state index contributed by atoms with van der Waals surface area (Å²) in [4.78, 5) is 20.4. The van der Waals surface area contributed by atoms with Crippen LogP contribution >= 0.6 is 11.6 Å². The number of carbonyl (C=O) groups is 2. The summed E-state index contributed by atoms with van der Waals surface area (Å²) in [7, 11) is 0. The predicted octanol–water partition coefficient (Wildman–Crippen LogP) is 2.02. The van der Waals surface area contributed by atoms with Crippen molar-refractivity contribution in [3.05, 3.63) is 34.9 Å². The Morgan fingerprint density at radius 2 is 2.25 bits per heavy atom. The zero-order valence-corrected chi connectivity index (χ0v) is 8.98. The van der Waals surface area contributed by atoms with E-state index in [4.69, 9.17) is 21.4 Å². The predicted molar refractivity (Wildman–Crippen MR) is 59.7 cm³/mol. The first-order valence-corrected chi connectivity index (χ1v) is 4.77. The summed E-state index contributed by atoms with van der Waals surface area (Å²) in [5.41, 5.74) is 0.594. The van der Waals surface area contributed by atoms with E-state index in [0.29, 0.717) is 22.6 Å². The molecule has 0 saturated carbocycles. The zero-order valence-electron chi connectivity index (χ0n) is 8.22. The highest BCUT2D eigenvalue weighted by molar-refractivity contribution is 6.32. The van der Waals surface area contributed by atoms with Crippen molar-refractivity contribution in [3.8, 4) is 5.75 Å². The van der Waals surface area contributed by atoms with E-state index in [-0.39, 0.29) is 0 Å². The Bertz CT molecular complexity index is 426. The molecule has 0 aromatic heterocycles. The second kappa shape index (κ2) is 5.92. The standard InChI is InChI=1S/C11H9ClO4/c12-10-4-3-9(16-7-11(14)15)6-8(10)2-1-5-13/h1-6H,7H2,(H,14,15)/b2-1+. The Morgan fingerprint density at radius 1 is 1.50 bits per heavy atom. The van der Waals surface area contributed by atoms with Gasteiger partial charge in [0.05, 0.1) is 0 Å². The molecule has 0 aliphatic rings. The molecular formula is C11H9ClO4. The molecule has 0 bridgehead atoms. The van der Waals surface area contributed by atoms with Crippen LogP contribution < -0.4 is 4.74 Å². The topological polar surface area (TPSA) is 63.6 Å². The zero-order chi connectivity index (χ0) is 12.0. The van der Waals surface area contributed by atoms with E-state index in [0.717, 1.165) is 0 Å². The first kappa shape index (κ1) is 12.3. The molecule has 0 radical (unpaired) electrons. The molecule has 84 valence electrons. The van der Waals surface area contributed by atoms with Crippen molar-refractivity contribution < 1.29 is 19.4 Å². The van der Waals surface area contributed by atoms with E-state index in [1.54, 1.807) is 18.2 Å². The number of halogens is 1. The molecule has 1 aromatic rings. The highest BCUT2D eigenvalue weighted by Gasteiger charge is 2.02. The van der Waals surface area contributed by atoms with Crippen LogP contribution in [0.1, 0.15) is 5.56 Å². The maximum atomic E-state index is 10.3. The van der Waals surface area contributed by atoms with Crippen LogP contribution in [0.2, 0.25) is 5.02 Å². The quantitative estimate of drug-likeness (QED) is 0.632. The molecule has 0 atom stereocenters. The van der Waals surface area contributed by atoms with E-state index >= 15 is 0 Å². The van der Waals surface area contributed by atoms with Gasteiger partial charge in [0.15, 0.2) is 6.61 Å². The van der Waals surface area contributed by atoms with Gasteiger partial charge in [0.1, 0.15) is 12.0 Å². The molecule has 0 amide bonds. The lowest BCUT2D eigenvalue weighted by Crippen LogP contribution is -2.09. The van der Waals surface area contributed by atoms with Gasteiger partial charge >= 0.3 is 5.97 Å². The van der Waals surface area contributed by atoms with Crippen LogP contribution in [0, 0.1) is 0 Å². The highest BCUT2D eigenvalue weighted by atomic mass is 35.5. The van der Waals surface area contributed by atoms with Gasteiger partial charge in [-0.25, -0.2) is 4.79 Å². The van der Waals surface area contributed by atoms with Gasteiger partial charge in [-0.15, -0.1) is 0 Å². The van der Waals surface area contributed by atoms with Crippen molar-refractivity contribution in [1.82, 2.24) is 0 Å². The van der Waals surface area contributed by atoms with E-state index in [1.807, 2.05) is 0 Å². The monoisotopic (exact) mass is 240 g/mol. The third-order valence-electron chi connectivity index (χ3n) is 1.68. The molecule has 0 heterocycles. The molecule has 5 heteroatoms. The molecule has 16 heavy (non-hydrogen) atoms. The molecule has 0 unspecified atom stereocenters. The SMILES string of the molecule is O=C/C=C/c1cc(OCC(=O)O)ccc1Cl. The molecule has 0 saturated heterocycles. The Balaban J connectivity index is 2.84. The van der Waals surface area contributed by atoms with E-state index in [1.165, 1.54) is 12.2 Å². The lowest BCUT2D eigenvalue weighted by atomic mass is 10.2. The van der Waals surface area contributed by atoms with Crippen LogP contribution in [-0.2, 0) is 9.59 Å².